The molecule has 4 rings (SSSR count). The molecule has 1 saturated carbocycles. The molecule has 0 saturated heterocycles. The van der Waals surface area contributed by atoms with Crippen LogP contribution in [0, 0.1) is 17.2 Å². The number of fused-ring (bicyclic) bond motifs is 1. The Morgan fingerprint density at radius 1 is 1.40 bits per heavy atom. The van der Waals surface area contributed by atoms with E-state index in [9.17, 15) is 10.1 Å². The lowest BCUT2D eigenvalue weighted by Crippen LogP contribution is -2.41. The van der Waals surface area contributed by atoms with Gasteiger partial charge in [0.2, 0.25) is 5.91 Å². The van der Waals surface area contributed by atoms with Crippen LogP contribution in [0.2, 0.25) is 5.02 Å². The number of rotatable bonds is 4. The fraction of sp³-hybridized carbons (Fsp3) is 0.368. The first-order valence-electron chi connectivity index (χ1n) is 8.45. The van der Waals surface area contributed by atoms with E-state index in [-0.39, 0.29) is 5.91 Å². The van der Waals surface area contributed by atoms with Gasteiger partial charge in [0, 0.05) is 22.5 Å². The van der Waals surface area contributed by atoms with Crippen molar-refractivity contribution in [2.24, 2.45) is 5.92 Å². The number of anilines is 1. The van der Waals surface area contributed by atoms with Crippen LogP contribution in [0.5, 0.6) is 0 Å². The van der Waals surface area contributed by atoms with Crippen molar-refractivity contribution in [3.63, 3.8) is 0 Å². The fourth-order valence-electron chi connectivity index (χ4n) is 3.63. The first-order chi connectivity index (χ1) is 12.2. The molecule has 1 aromatic heterocycles. The molecule has 128 valence electrons. The Kier molecular flexibility index (Phi) is 4.51. The average molecular weight is 372 g/mol. The molecule has 2 heterocycles. The first-order valence-corrected chi connectivity index (χ1v) is 9.71. The van der Waals surface area contributed by atoms with Gasteiger partial charge in [-0.1, -0.05) is 11.6 Å². The van der Waals surface area contributed by atoms with Crippen molar-refractivity contribution in [2.75, 3.05) is 18.4 Å². The molecule has 2 aromatic rings. The summed E-state index contributed by atoms with van der Waals surface area (Å²) in [6, 6.07) is 9.58. The number of nitrogens with one attached hydrogen (secondary N) is 1. The van der Waals surface area contributed by atoms with Crippen LogP contribution in [0.3, 0.4) is 0 Å². The SMILES string of the molecule is N#Cc1ccc(Cl)cc1NC(=O)CN1CCc2sccc2[C@H]1C1CC1. The molecule has 1 fully saturated rings. The third kappa shape index (κ3) is 3.43. The van der Waals surface area contributed by atoms with Gasteiger partial charge in [-0.15, -0.1) is 11.3 Å². The Morgan fingerprint density at radius 2 is 2.24 bits per heavy atom. The zero-order valence-corrected chi connectivity index (χ0v) is 15.2. The third-order valence-corrected chi connectivity index (χ3v) is 6.14. The number of hydrogen-bond donors (Lipinski definition) is 1. The van der Waals surface area contributed by atoms with Crippen molar-refractivity contribution in [1.29, 1.82) is 5.26 Å². The highest BCUT2D eigenvalue weighted by Crippen LogP contribution is 2.48. The lowest BCUT2D eigenvalue weighted by atomic mass is 9.96. The minimum atomic E-state index is -0.0944. The number of carbonyl (C=O) groups is 1. The van der Waals surface area contributed by atoms with E-state index in [1.807, 2.05) is 11.3 Å². The van der Waals surface area contributed by atoms with E-state index >= 15 is 0 Å². The van der Waals surface area contributed by atoms with Gasteiger partial charge >= 0.3 is 0 Å². The van der Waals surface area contributed by atoms with Gasteiger partial charge in [-0.25, -0.2) is 0 Å². The minimum Gasteiger partial charge on any atom is -0.324 e. The molecule has 1 N–H and O–H groups in total. The molecule has 0 unspecified atom stereocenters. The van der Waals surface area contributed by atoms with Crippen molar-refractivity contribution >= 4 is 34.5 Å². The van der Waals surface area contributed by atoms with Crippen molar-refractivity contribution in [3.05, 3.63) is 50.7 Å². The predicted octanol–water partition coefficient (Wildman–Crippen LogP) is 4.22. The van der Waals surface area contributed by atoms with E-state index in [0.29, 0.717) is 34.8 Å². The van der Waals surface area contributed by atoms with Crippen LogP contribution in [0.1, 0.15) is 34.9 Å². The summed E-state index contributed by atoms with van der Waals surface area (Å²) < 4.78 is 0. The largest absolute Gasteiger partial charge is 0.324 e. The van der Waals surface area contributed by atoms with E-state index in [4.69, 9.17) is 11.6 Å². The van der Waals surface area contributed by atoms with Gasteiger partial charge < -0.3 is 5.32 Å². The maximum Gasteiger partial charge on any atom is 0.238 e. The molecular formula is C19H18ClN3OS. The minimum absolute atomic E-state index is 0.0944. The summed E-state index contributed by atoms with van der Waals surface area (Å²) in [4.78, 5) is 16.4. The number of benzene rings is 1. The molecule has 1 amide bonds. The van der Waals surface area contributed by atoms with Crippen molar-refractivity contribution in [2.45, 2.75) is 25.3 Å². The van der Waals surface area contributed by atoms with Crippen LogP contribution in [0.4, 0.5) is 5.69 Å². The van der Waals surface area contributed by atoms with E-state index in [2.05, 4.69) is 27.7 Å². The molecular weight excluding hydrogens is 354 g/mol. The Hall–Kier alpha value is -1.87. The van der Waals surface area contributed by atoms with E-state index in [1.165, 1.54) is 23.3 Å². The predicted molar refractivity (Wildman–Crippen MR) is 99.9 cm³/mol. The average Bonchev–Trinajstić information content (AvgIpc) is 3.31. The normalized spacial score (nSPS) is 19.9. The van der Waals surface area contributed by atoms with Crippen molar-refractivity contribution in [3.8, 4) is 6.07 Å². The van der Waals surface area contributed by atoms with Gasteiger partial charge in [-0.3, -0.25) is 9.69 Å². The summed E-state index contributed by atoms with van der Waals surface area (Å²) in [5.74, 6) is 0.574. The van der Waals surface area contributed by atoms with Crippen LogP contribution in [-0.2, 0) is 11.2 Å². The van der Waals surface area contributed by atoms with Gasteiger partial charge in [0.1, 0.15) is 6.07 Å². The Morgan fingerprint density at radius 3 is 3.00 bits per heavy atom. The number of nitrogens with zero attached hydrogens (tertiary/aromatic N) is 2. The van der Waals surface area contributed by atoms with Crippen LogP contribution < -0.4 is 5.32 Å². The molecule has 1 aliphatic heterocycles. The highest BCUT2D eigenvalue weighted by Gasteiger charge is 2.40. The van der Waals surface area contributed by atoms with Crippen LogP contribution in [-0.4, -0.2) is 23.9 Å². The summed E-state index contributed by atoms with van der Waals surface area (Å²) in [6.07, 6.45) is 3.49. The Labute approximate surface area is 156 Å². The number of halogens is 1. The van der Waals surface area contributed by atoms with Gasteiger partial charge in [-0.2, -0.15) is 5.26 Å². The first kappa shape index (κ1) is 16.6. The molecule has 6 heteroatoms. The van der Waals surface area contributed by atoms with Crippen LogP contribution in [0.25, 0.3) is 0 Å². The van der Waals surface area contributed by atoms with E-state index in [0.717, 1.165) is 13.0 Å². The Balaban J connectivity index is 1.50. The lowest BCUT2D eigenvalue weighted by Gasteiger charge is -2.35. The summed E-state index contributed by atoms with van der Waals surface area (Å²) in [5.41, 5.74) is 2.32. The molecule has 0 radical (unpaired) electrons. The molecule has 0 spiro atoms. The number of carbonyl (C=O) groups excluding carboxylic acids is 1. The second-order valence-corrected chi connectivity index (χ2v) is 8.09. The monoisotopic (exact) mass is 371 g/mol. The summed E-state index contributed by atoms with van der Waals surface area (Å²) in [6.45, 7) is 1.25. The number of thiophene rings is 1. The summed E-state index contributed by atoms with van der Waals surface area (Å²) in [7, 11) is 0. The standard InChI is InChI=1S/C19H18ClN3OS/c20-14-4-3-13(10-21)16(9-14)22-18(24)11-23-7-5-17-15(6-8-25-17)19(23)12-1-2-12/h3-4,6,8-9,12,19H,1-2,5,7,11H2,(H,22,24)/t19-/m1/s1. The molecule has 25 heavy (non-hydrogen) atoms. The number of nitriles is 1. The summed E-state index contributed by atoms with van der Waals surface area (Å²) >= 11 is 7.82. The second-order valence-electron chi connectivity index (χ2n) is 6.65. The maximum atomic E-state index is 12.6. The Bertz CT molecular complexity index is 853. The van der Waals surface area contributed by atoms with Gasteiger partial charge in [0.15, 0.2) is 0 Å². The molecule has 1 aromatic carbocycles. The van der Waals surface area contributed by atoms with E-state index < -0.39 is 0 Å². The van der Waals surface area contributed by atoms with Gasteiger partial charge in [0.25, 0.3) is 0 Å². The fourth-order valence-corrected chi connectivity index (χ4v) is 4.72. The van der Waals surface area contributed by atoms with Crippen LogP contribution in [0.15, 0.2) is 29.6 Å². The summed E-state index contributed by atoms with van der Waals surface area (Å²) in [5, 5.41) is 14.7. The molecule has 1 aliphatic carbocycles. The topological polar surface area (TPSA) is 56.1 Å². The molecule has 0 bridgehead atoms. The third-order valence-electron chi connectivity index (χ3n) is 4.91. The number of amides is 1. The van der Waals surface area contributed by atoms with E-state index in [1.54, 1.807) is 18.2 Å². The number of hydrogen-bond acceptors (Lipinski definition) is 4. The maximum absolute atomic E-state index is 12.6. The zero-order chi connectivity index (χ0) is 17.4. The molecule has 1 atom stereocenters. The lowest BCUT2D eigenvalue weighted by molar-refractivity contribution is -0.118. The quantitative estimate of drug-likeness (QED) is 0.875. The second kappa shape index (κ2) is 6.80. The molecule has 2 aliphatic rings. The van der Waals surface area contributed by atoms with Gasteiger partial charge in [-0.05, 0) is 60.4 Å². The zero-order valence-electron chi connectivity index (χ0n) is 13.7. The highest BCUT2D eigenvalue weighted by molar-refractivity contribution is 7.10. The van der Waals surface area contributed by atoms with Crippen molar-refractivity contribution < 1.29 is 4.79 Å². The van der Waals surface area contributed by atoms with Crippen molar-refractivity contribution in [1.82, 2.24) is 4.90 Å². The van der Waals surface area contributed by atoms with Gasteiger partial charge in [0.05, 0.1) is 17.8 Å². The van der Waals surface area contributed by atoms with Crippen LogP contribution >= 0.6 is 22.9 Å². The highest BCUT2D eigenvalue weighted by atomic mass is 35.5. The smallest absolute Gasteiger partial charge is 0.238 e. The molecule has 4 nitrogen and oxygen atoms in total.